The number of carbonyl (C=O) groups excluding carboxylic acids is 1. The fraction of sp³-hybridized carbons (Fsp3) is 0.190. The van der Waals surface area contributed by atoms with Crippen LogP contribution in [0.15, 0.2) is 70.0 Å². The van der Waals surface area contributed by atoms with Gasteiger partial charge in [0.15, 0.2) is 0 Å². The lowest BCUT2D eigenvalue weighted by atomic mass is 10.1. The highest BCUT2D eigenvalue weighted by Crippen LogP contribution is 2.40. The van der Waals surface area contributed by atoms with E-state index in [1.807, 2.05) is 36.4 Å². The number of para-hydroxylation sites is 1. The molecular weight excluding hydrogens is 360 g/mol. The minimum Gasteiger partial charge on any atom is -0.506 e. The Hall–Kier alpha value is -2.86. The summed E-state index contributed by atoms with van der Waals surface area (Å²) in [7, 11) is 0. The number of thioether (sulfide) groups is 1. The number of pyridine rings is 1. The van der Waals surface area contributed by atoms with Crippen molar-refractivity contribution in [1.29, 1.82) is 0 Å². The standard InChI is InChI=1S/C21H20N2O3S/c1-3-15-7-5-6-8-16(15)23-20-18(21(25)26-4-2)19(24)17(27-20)13-14-9-11-22-12-10-14/h5-13,24H,3-4H2,1-2H3/b17-13+,23-20?. The van der Waals surface area contributed by atoms with Crippen molar-refractivity contribution in [2.75, 3.05) is 6.61 Å². The van der Waals surface area contributed by atoms with E-state index in [-0.39, 0.29) is 17.9 Å². The molecular formula is C21H20N2O3S. The van der Waals surface area contributed by atoms with Crippen LogP contribution >= 0.6 is 11.8 Å². The molecule has 1 aliphatic heterocycles. The molecule has 0 aliphatic carbocycles. The number of hydrogen-bond donors (Lipinski definition) is 1. The van der Waals surface area contributed by atoms with Crippen LogP contribution in [0.5, 0.6) is 0 Å². The summed E-state index contributed by atoms with van der Waals surface area (Å²) in [6.45, 7) is 4.01. The Morgan fingerprint density at radius 1 is 1.22 bits per heavy atom. The van der Waals surface area contributed by atoms with Crippen molar-refractivity contribution in [2.45, 2.75) is 20.3 Å². The average Bonchev–Trinajstić information content (AvgIpc) is 2.98. The topological polar surface area (TPSA) is 71.8 Å². The Bertz CT molecular complexity index is 933. The van der Waals surface area contributed by atoms with Crippen LogP contribution in [0.1, 0.15) is 25.0 Å². The Morgan fingerprint density at radius 2 is 1.96 bits per heavy atom. The van der Waals surface area contributed by atoms with Gasteiger partial charge in [-0.2, -0.15) is 0 Å². The minimum absolute atomic E-state index is 0.105. The van der Waals surface area contributed by atoms with Crippen molar-refractivity contribution in [2.24, 2.45) is 4.99 Å². The number of hydrogen-bond acceptors (Lipinski definition) is 6. The summed E-state index contributed by atoms with van der Waals surface area (Å²) < 4.78 is 5.13. The maximum atomic E-state index is 12.4. The summed E-state index contributed by atoms with van der Waals surface area (Å²) in [5, 5.41) is 11.1. The molecule has 1 aliphatic rings. The predicted molar refractivity (Wildman–Crippen MR) is 109 cm³/mol. The van der Waals surface area contributed by atoms with Gasteiger partial charge in [-0.05, 0) is 48.7 Å². The molecule has 2 aromatic rings. The number of rotatable bonds is 5. The maximum Gasteiger partial charge on any atom is 0.344 e. The molecule has 0 amide bonds. The van der Waals surface area contributed by atoms with Crippen LogP contribution in [0.25, 0.3) is 6.08 Å². The Morgan fingerprint density at radius 3 is 2.67 bits per heavy atom. The molecule has 1 N–H and O–H groups in total. The molecule has 2 heterocycles. The van der Waals surface area contributed by atoms with Crippen LogP contribution in [-0.2, 0) is 16.0 Å². The Balaban J connectivity index is 2.07. The third-order valence-corrected chi connectivity index (χ3v) is 4.99. The van der Waals surface area contributed by atoms with Crippen molar-refractivity contribution in [3.63, 3.8) is 0 Å². The lowest BCUT2D eigenvalue weighted by Gasteiger charge is -2.06. The summed E-state index contributed by atoms with van der Waals surface area (Å²) in [5.74, 6) is -0.684. The van der Waals surface area contributed by atoms with Gasteiger partial charge in [0, 0.05) is 12.4 Å². The number of benzene rings is 1. The number of carbonyl (C=O) groups is 1. The van der Waals surface area contributed by atoms with Crippen molar-refractivity contribution in [1.82, 2.24) is 4.98 Å². The van der Waals surface area contributed by atoms with E-state index in [0.29, 0.717) is 9.95 Å². The molecule has 0 radical (unpaired) electrons. The van der Waals surface area contributed by atoms with E-state index in [1.54, 1.807) is 25.4 Å². The first kappa shape index (κ1) is 18.9. The Kier molecular flexibility index (Phi) is 6.08. The van der Waals surface area contributed by atoms with Gasteiger partial charge in [-0.1, -0.05) is 36.9 Å². The molecule has 6 heteroatoms. The molecule has 0 saturated carbocycles. The largest absolute Gasteiger partial charge is 0.506 e. The SMILES string of the molecule is CCOC(=O)C1=C(O)/C(=C\c2ccncc2)SC1=Nc1ccccc1CC. The minimum atomic E-state index is -0.576. The van der Waals surface area contributed by atoms with Crippen molar-refractivity contribution < 1.29 is 14.6 Å². The quantitative estimate of drug-likeness (QED) is 0.752. The predicted octanol–water partition coefficient (Wildman–Crippen LogP) is 4.84. The molecule has 1 aromatic carbocycles. The number of nitrogens with zero attached hydrogens (tertiary/aromatic N) is 2. The second kappa shape index (κ2) is 8.68. The average molecular weight is 380 g/mol. The highest BCUT2D eigenvalue weighted by atomic mass is 32.2. The third-order valence-electron chi connectivity index (χ3n) is 3.97. The van der Waals surface area contributed by atoms with Gasteiger partial charge in [0.2, 0.25) is 0 Å². The number of aromatic nitrogens is 1. The highest BCUT2D eigenvalue weighted by molar-refractivity contribution is 8.18. The Labute approximate surface area is 162 Å². The number of aliphatic hydroxyl groups is 1. The zero-order chi connectivity index (χ0) is 19.2. The maximum absolute atomic E-state index is 12.4. The highest BCUT2D eigenvalue weighted by Gasteiger charge is 2.33. The van der Waals surface area contributed by atoms with Crippen LogP contribution in [0.2, 0.25) is 0 Å². The first-order chi connectivity index (χ1) is 13.1. The lowest BCUT2D eigenvalue weighted by molar-refractivity contribution is -0.138. The van der Waals surface area contributed by atoms with E-state index in [2.05, 4.69) is 16.9 Å². The van der Waals surface area contributed by atoms with E-state index in [0.717, 1.165) is 23.2 Å². The fourth-order valence-corrected chi connectivity index (χ4v) is 3.66. The van der Waals surface area contributed by atoms with E-state index >= 15 is 0 Å². The molecule has 1 aromatic heterocycles. The van der Waals surface area contributed by atoms with Gasteiger partial charge in [0.1, 0.15) is 16.4 Å². The summed E-state index contributed by atoms with van der Waals surface area (Å²) >= 11 is 1.26. The summed E-state index contributed by atoms with van der Waals surface area (Å²) in [6.07, 6.45) is 5.97. The number of aryl methyl sites for hydroxylation is 1. The van der Waals surface area contributed by atoms with Crippen molar-refractivity contribution >= 4 is 34.5 Å². The molecule has 138 valence electrons. The first-order valence-corrected chi connectivity index (χ1v) is 9.53. The van der Waals surface area contributed by atoms with Gasteiger partial charge < -0.3 is 9.84 Å². The van der Waals surface area contributed by atoms with E-state index in [9.17, 15) is 9.90 Å². The smallest absolute Gasteiger partial charge is 0.344 e. The summed E-state index contributed by atoms with van der Waals surface area (Å²) in [5.41, 5.74) is 2.83. The lowest BCUT2D eigenvalue weighted by Crippen LogP contribution is -2.13. The third kappa shape index (κ3) is 4.28. The van der Waals surface area contributed by atoms with Crippen LogP contribution in [0.4, 0.5) is 5.69 Å². The van der Waals surface area contributed by atoms with Crippen LogP contribution < -0.4 is 0 Å². The van der Waals surface area contributed by atoms with Crippen LogP contribution in [0.3, 0.4) is 0 Å². The monoisotopic (exact) mass is 380 g/mol. The summed E-state index contributed by atoms with van der Waals surface area (Å²) in [6, 6.07) is 11.4. The zero-order valence-electron chi connectivity index (χ0n) is 15.2. The number of ether oxygens (including phenoxy) is 1. The molecule has 0 spiro atoms. The second-order valence-electron chi connectivity index (χ2n) is 5.73. The van der Waals surface area contributed by atoms with Gasteiger partial charge in [0.25, 0.3) is 0 Å². The fourth-order valence-electron chi connectivity index (χ4n) is 2.63. The van der Waals surface area contributed by atoms with Gasteiger partial charge >= 0.3 is 5.97 Å². The number of aliphatic hydroxyl groups excluding tert-OH is 1. The van der Waals surface area contributed by atoms with E-state index < -0.39 is 5.97 Å². The number of esters is 1. The van der Waals surface area contributed by atoms with E-state index in [4.69, 9.17) is 4.74 Å². The molecule has 0 fully saturated rings. The molecule has 0 saturated heterocycles. The van der Waals surface area contributed by atoms with Crippen molar-refractivity contribution in [3.8, 4) is 0 Å². The molecule has 5 nitrogen and oxygen atoms in total. The van der Waals surface area contributed by atoms with Gasteiger partial charge in [-0.25, -0.2) is 9.79 Å². The summed E-state index contributed by atoms with van der Waals surface area (Å²) in [4.78, 5) is 21.6. The van der Waals surface area contributed by atoms with Crippen molar-refractivity contribution in [3.05, 3.63) is 76.2 Å². The molecule has 0 bridgehead atoms. The van der Waals surface area contributed by atoms with Crippen LogP contribution in [-0.4, -0.2) is 27.7 Å². The molecule has 0 unspecified atom stereocenters. The normalized spacial score (nSPS) is 17.0. The van der Waals surface area contributed by atoms with Gasteiger partial charge in [-0.15, -0.1) is 0 Å². The first-order valence-electron chi connectivity index (χ1n) is 8.71. The second-order valence-corrected chi connectivity index (χ2v) is 6.77. The van der Waals surface area contributed by atoms with Crippen LogP contribution in [0, 0.1) is 0 Å². The van der Waals surface area contributed by atoms with Gasteiger partial charge in [0.05, 0.1) is 17.2 Å². The molecule has 0 atom stereocenters. The molecule has 3 rings (SSSR count). The number of aliphatic imine (C=N–C) groups is 1. The zero-order valence-corrected chi connectivity index (χ0v) is 16.0. The van der Waals surface area contributed by atoms with E-state index in [1.165, 1.54) is 11.8 Å². The molecule has 27 heavy (non-hydrogen) atoms. The van der Waals surface area contributed by atoms with Gasteiger partial charge in [-0.3, -0.25) is 4.98 Å².